The van der Waals surface area contributed by atoms with Gasteiger partial charge in [0.15, 0.2) is 0 Å². The van der Waals surface area contributed by atoms with Gasteiger partial charge in [0.25, 0.3) is 0 Å². The van der Waals surface area contributed by atoms with Crippen LogP contribution in [0, 0.1) is 11.3 Å². The third-order valence-electron chi connectivity index (χ3n) is 2.45. The highest BCUT2D eigenvalue weighted by Gasteiger charge is 2.03. The van der Waals surface area contributed by atoms with Crippen molar-refractivity contribution in [2.75, 3.05) is 31.3 Å². The molecule has 0 spiro atoms. The standard InChI is InChI=1S/C13H19N3O/c1-16(2)11-6-7-12(15)13(10-11)17-9-5-3-4-8-14/h6-7,10H,3-5,9,15H2,1-2H3. The number of ether oxygens (including phenoxy) is 1. The summed E-state index contributed by atoms with van der Waals surface area (Å²) in [7, 11) is 3.95. The van der Waals surface area contributed by atoms with Crippen molar-refractivity contribution in [3.8, 4) is 11.8 Å². The molecule has 0 aliphatic carbocycles. The number of anilines is 2. The predicted octanol–water partition coefficient (Wildman–Crippen LogP) is 2.41. The lowest BCUT2D eigenvalue weighted by Crippen LogP contribution is -2.09. The van der Waals surface area contributed by atoms with Gasteiger partial charge in [0.2, 0.25) is 0 Å². The van der Waals surface area contributed by atoms with Gasteiger partial charge in [-0.25, -0.2) is 0 Å². The largest absolute Gasteiger partial charge is 0.491 e. The first-order chi connectivity index (χ1) is 8.15. The van der Waals surface area contributed by atoms with E-state index >= 15 is 0 Å². The van der Waals surface area contributed by atoms with Crippen LogP contribution < -0.4 is 15.4 Å². The van der Waals surface area contributed by atoms with Gasteiger partial charge in [-0.05, 0) is 25.0 Å². The molecular formula is C13H19N3O. The first kappa shape index (κ1) is 13.2. The molecule has 0 unspecified atom stereocenters. The van der Waals surface area contributed by atoms with E-state index in [1.807, 2.05) is 37.2 Å². The summed E-state index contributed by atoms with van der Waals surface area (Å²) in [6, 6.07) is 7.85. The van der Waals surface area contributed by atoms with Gasteiger partial charge in [-0.15, -0.1) is 0 Å². The molecule has 2 N–H and O–H groups in total. The molecule has 1 aromatic carbocycles. The van der Waals surface area contributed by atoms with Crippen LogP contribution >= 0.6 is 0 Å². The second kappa shape index (κ2) is 6.64. The van der Waals surface area contributed by atoms with Crippen LogP contribution in [0.4, 0.5) is 11.4 Å². The summed E-state index contributed by atoms with van der Waals surface area (Å²) >= 11 is 0. The second-order valence-electron chi connectivity index (χ2n) is 4.08. The van der Waals surface area contributed by atoms with Gasteiger partial charge in [0.05, 0.1) is 18.4 Å². The molecular weight excluding hydrogens is 214 g/mol. The molecule has 1 rings (SSSR count). The van der Waals surface area contributed by atoms with Gasteiger partial charge >= 0.3 is 0 Å². The van der Waals surface area contributed by atoms with E-state index in [2.05, 4.69) is 6.07 Å². The van der Waals surface area contributed by atoms with Gasteiger partial charge in [-0.1, -0.05) is 0 Å². The Kier molecular flexibility index (Phi) is 5.15. The lowest BCUT2D eigenvalue weighted by atomic mass is 10.2. The molecule has 0 fully saturated rings. The topological polar surface area (TPSA) is 62.3 Å². The number of nitriles is 1. The van der Waals surface area contributed by atoms with Gasteiger partial charge < -0.3 is 15.4 Å². The molecule has 0 bridgehead atoms. The molecule has 0 heterocycles. The van der Waals surface area contributed by atoms with Crippen molar-refractivity contribution in [2.24, 2.45) is 0 Å². The van der Waals surface area contributed by atoms with Crippen LogP contribution in [0.15, 0.2) is 18.2 Å². The van der Waals surface area contributed by atoms with E-state index in [4.69, 9.17) is 15.7 Å². The van der Waals surface area contributed by atoms with Crippen LogP contribution in [0.1, 0.15) is 19.3 Å². The van der Waals surface area contributed by atoms with Crippen LogP contribution in [0.5, 0.6) is 5.75 Å². The number of benzene rings is 1. The van der Waals surface area contributed by atoms with Crippen LogP contribution in [0.25, 0.3) is 0 Å². The SMILES string of the molecule is CN(C)c1ccc(N)c(OCCCCC#N)c1. The Bertz CT molecular complexity index is 396. The van der Waals surface area contributed by atoms with Crippen molar-refractivity contribution in [1.82, 2.24) is 0 Å². The number of hydrogen-bond acceptors (Lipinski definition) is 4. The molecule has 92 valence electrons. The van der Waals surface area contributed by atoms with Crippen LogP contribution in [0.3, 0.4) is 0 Å². The molecule has 17 heavy (non-hydrogen) atoms. The fourth-order valence-electron chi connectivity index (χ4n) is 1.41. The molecule has 0 amide bonds. The Hall–Kier alpha value is -1.89. The Morgan fingerprint density at radius 2 is 2.12 bits per heavy atom. The van der Waals surface area contributed by atoms with Crippen LogP contribution in [0.2, 0.25) is 0 Å². The van der Waals surface area contributed by atoms with E-state index in [9.17, 15) is 0 Å². The minimum atomic E-state index is 0.580. The molecule has 4 nitrogen and oxygen atoms in total. The third kappa shape index (κ3) is 4.23. The zero-order valence-corrected chi connectivity index (χ0v) is 10.4. The average molecular weight is 233 g/mol. The van der Waals surface area contributed by atoms with Crippen molar-refractivity contribution in [3.63, 3.8) is 0 Å². The maximum atomic E-state index is 8.41. The van der Waals surface area contributed by atoms with Gasteiger partial charge in [-0.3, -0.25) is 0 Å². The number of unbranched alkanes of at least 4 members (excludes halogenated alkanes) is 2. The Morgan fingerprint density at radius 3 is 2.76 bits per heavy atom. The Labute approximate surface area is 103 Å². The summed E-state index contributed by atoms with van der Waals surface area (Å²) in [6.07, 6.45) is 2.32. The molecule has 0 aliphatic rings. The summed E-state index contributed by atoms with van der Waals surface area (Å²) < 4.78 is 5.61. The van der Waals surface area contributed by atoms with Gasteiger partial charge in [0, 0.05) is 32.3 Å². The summed E-state index contributed by atoms with van der Waals surface area (Å²) in [5.74, 6) is 0.716. The minimum Gasteiger partial charge on any atom is -0.491 e. The monoisotopic (exact) mass is 233 g/mol. The summed E-state index contributed by atoms with van der Waals surface area (Å²) in [6.45, 7) is 0.600. The average Bonchev–Trinajstić information content (AvgIpc) is 2.30. The Morgan fingerprint density at radius 1 is 1.35 bits per heavy atom. The molecule has 0 atom stereocenters. The van der Waals surface area contributed by atoms with Crippen LogP contribution in [-0.2, 0) is 0 Å². The number of nitrogens with zero attached hydrogens (tertiary/aromatic N) is 2. The van der Waals surface area contributed by atoms with Crippen molar-refractivity contribution < 1.29 is 4.74 Å². The smallest absolute Gasteiger partial charge is 0.144 e. The van der Waals surface area contributed by atoms with E-state index < -0.39 is 0 Å². The maximum Gasteiger partial charge on any atom is 0.144 e. The first-order valence-electron chi connectivity index (χ1n) is 5.71. The molecule has 0 aromatic heterocycles. The number of nitrogen functional groups attached to an aromatic ring is 1. The zero-order valence-electron chi connectivity index (χ0n) is 10.4. The van der Waals surface area contributed by atoms with E-state index in [0.29, 0.717) is 24.5 Å². The van der Waals surface area contributed by atoms with Crippen LogP contribution in [-0.4, -0.2) is 20.7 Å². The van der Waals surface area contributed by atoms with Crippen molar-refractivity contribution in [3.05, 3.63) is 18.2 Å². The second-order valence-corrected chi connectivity index (χ2v) is 4.08. The molecule has 0 saturated carbocycles. The number of rotatable bonds is 6. The zero-order chi connectivity index (χ0) is 12.7. The molecule has 0 saturated heterocycles. The van der Waals surface area contributed by atoms with E-state index in [0.717, 1.165) is 18.5 Å². The fraction of sp³-hybridized carbons (Fsp3) is 0.462. The normalized spacial score (nSPS) is 9.71. The van der Waals surface area contributed by atoms with Crippen molar-refractivity contribution in [2.45, 2.75) is 19.3 Å². The highest BCUT2D eigenvalue weighted by molar-refractivity contribution is 5.61. The van der Waals surface area contributed by atoms with Crippen molar-refractivity contribution in [1.29, 1.82) is 5.26 Å². The molecule has 4 heteroatoms. The minimum absolute atomic E-state index is 0.580. The van der Waals surface area contributed by atoms with Crippen molar-refractivity contribution >= 4 is 11.4 Å². The lowest BCUT2D eigenvalue weighted by molar-refractivity contribution is 0.309. The maximum absolute atomic E-state index is 8.41. The lowest BCUT2D eigenvalue weighted by Gasteiger charge is -2.15. The summed E-state index contributed by atoms with van der Waals surface area (Å²) in [5, 5.41) is 8.41. The van der Waals surface area contributed by atoms with E-state index in [1.165, 1.54) is 0 Å². The fourth-order valence-corrected chi connectivity index (χ4v) is 1.41. The highest BCUT2D eigenvalue weighted by atomic mass is 16.5. The first-order valence-corrected chi connectivity index (χ1v) is 5.71. The van der Waals surface area contributed by atoms with E-state index in [1.54, 1.807) is 0 Å². The molecule has 0 aliphatic heterocycles. The number of hydrogen-bond donors (Lipinski definition) is 1. The van der Waals surface area contributed by atoms with Gasteiger partial charge in [0.1, 0.15) is 5.75 Å². The Balaban J connectivity index is 2.52. The van der Waals surface area contributed by atoms with E-state index in [-0.39, 0.29) is 0 Å². The predicted molar refractivity (Wildman–Crippen MR) is 70.1 cm³/mol. The molecule has 0 radical (unpaired) electrons. The third-order valence-corrected chi connectivity index (χ3v) is 2.45. The number of nitrogens with two attached hydrogens (primary N) is 1. The van der Waals surface area contributed by atoms with Gasteiger partial charge in [-0.2, -0.15) is 5.26 Å². The quantitative estimate of drug-likeness (QED) is 0.605. The summed E-state index contributed by atoms with van der Waals surface area (Å²) in [5.41, 5.74) is 7.54. The highest BCUT2D eigenvalue weighted by Crippen LogP contribution is 2.26. The molecule has 1 aromatic rings. The summed E-state index contributed by atoms with van der Waals surface area (Å²) in [4.78, 5) is 2.00.